The molecule has 0 fully saturated rings. The molecule has 0 saturated heterocycles. The lowest BCUT2D eigenvalue weighted by molar-refractivity contribution is 0.843. The molecule has 0 atom stereocenters. The zero-order valence-corrected chi connectivity index (χ0v) is 14.3. The van der Waals surface area contributed by atoms with E-state index in [2.05, 4.69) is 15.3 Å². The van der Waals surface area contributed by atoms with Gasteiger partial charge in [-0.15, -0.1) is 10.2 Å². The first-order valence-electron chi connectivity index (χ1n) is 8.62. The van der Waals surface area contributed by atoms with E-state index in [0.29, 0.717) is 5.65 Å². The lowest BCUT2D eigenvalue weighted by Gasteiger charge is -2.10. The summed E-state index contributed by atoms with van der Waals surface area (Å²) >= 11 is 0. The number of rotatable bonds is 2. The van der Waals surface area contributed by atoms with E-state index in [1.807, 2.05) is 84.9 Å². The molecular formula is C22H14N4O. The number of nitrogens with zero attached hydrogens (tertiary/aromatic N) is 4. The minimum absolute atomic E-state index is 0.283. The lowest BCUT2D eigenvalue weighted by atomic mass is 10.0. The normalized spacial score (nSPS) is 11.1. The Morgan fingerprint density at radius 2 is 1.15 bits per heavy atom. The molecule has 0 amide bonds. The number of benzene rings is 3. The summed E-state index contributed by atoms with van der Waals surface area (Å²) in [6, 6.07) is 27.0. The first-order chi connectivity index (χ1) is 13.3. The van der Waals surface area contributed by atoms with E-state index in [4.69, 9.17) is 0 Å². The highest BCUT2D eigenvalue weighted by Crippen LogP contribution is 2.28. The molecule has 0 saturated carbocycles. The van der Waals surface area contributed by atoms with Gasteiger partial charge in [-0.3, -0.25) is 4.79 Å². The van der Waals surface area contributed by atoms with E-state index >= 15 is 0 Å². The van der Waals surface area contributed by atoms with E-state index in [0.717, 1.165) is 27.6 Å². The van der Waals surface area contributed by atoms with Crippen molar-refractivity contribution >= 4 is 16.4 Å². The Labute approximate surface area is 154 Å². The third-order valence-corrected chi connectivity index (χ3v) is 4.56. The second-order valence-electron chi connectivity index (χ2n) is 6.22. The van der Waals surface area contributed by atoms with Gasteiger partial charge in [0.2, 0.25) is 0 Å². The topological polar surface area (TPSA) is 60.2 Å². The monoisotopic (exact) mass is 350 g/mol. The fraction of sp³-hybridized carbons (Fsp3) is 0. The van der Waals surface area contributed by atoms with Crippen molar-refractivity contribution < 1.29 is 0 Å². The molecule has 2 aromatic heterocycles. The van der Waals surface area contributed by atoms with Crippen LogP contribution in [0, 0.1) is 0 Å². The highest BCUT2D eigenvalue weighted by atomic mass is 16.1. The molecule has 0 unspecified atom stereocenters. The second-order valence-corrected chi connectivity index (χ2v) is 6.22. The Hall–Kier alpha value is -3.86. The first kappa shape index (κ1) is 15.4. The minimum atomic E-state index is -0.283. The van der Waals surface area contributed by atoms with Gasteiger partial charge >= 0.3 is 5.56 Å². The molecule has 2 heterocycles. The number of fused-ring (bicyclic) bond motifs is 3. The van der Waals surface area contributed by atoms with Crippen molar-refractivity contribution in [1.29, 1.82) is 0 Å². The highest BCUT2D eigenvalue weighted by molar-refractivity contribution is 6.01. The third-order valence-electron chi connectivity index (χ3n) is 4.56. The Kier molecular flexibility index (Phi) is 3.50. The number of hydrogen-bond acceptors (Lipinski definition) is 4. The molecule has 5 aromatic rings. The van der Waals surface area contributed by atoms with E-state index in [-0.39, 0.29) is 11.3 Å². The van der Waals surface area contributed by atoms with Gasteiger partial charge in [-0.05, 0) is 0 Å². The van der Waals surface area contributed by atoms with Crippen LogP contribution < -0.4 is 5.56 Å². The van der Waals surface area contributed by atoms with Crippen molar-refractivity contribution in [1.82, 2.24) is 19.8 Å². The SMILES string of the molecule is O=c1c(-c2ccccc2)nnc2c3ccccc3c(-c3ccccc3)nn12. The Balaban J connectivity index is 1.90. The van der Waals surface area contributed by atoms with Crippen molar-refractivity contribution in [3.8, 4) is 22.5 Å². The van der Waals surface area contributed by atoms with Crippen molar-refractivity contribution in [2.24, 2.45) is 0 Å². The van der Waals surface area contributed by atoms with Gasteiger partial charge in [0.25, 0.3) is 0 Å². The zero-order chi connectivity index (χ0) is 18.2. The van der Waals surface area contributed by atoms with Crippen molar-refractivity contribution in [2.45, 2.75) is 0 Å². The molecule has 0 bridgehead atoms. The predicted octanol–water partition coefficient (Wildman–Crippen LogP) is 3.97. The van der Waals surface area contributed by atoms with Gasteiger partial charge in [-0.2, -0.15) is 9.61 Å². The van der Waals surface area contributed by atoms with Crippen molar-refractivity contribution in [3.63, 3.8) is 0 Å². The summed E-state index contributed by atoms with van der Waals surface area (Å²) in [5.41, 5.74) is 2.87. The van der Waals surface area contributed by atoms with Crippen LogP contribution in [0.2, 0.25) is 0 Å². The minimum Gasteiger partial charge on any atom is -0.265 e. The summed E-state index contributed by atoms with van der Waals surface area (Å²) in [6.45, 7) is 0. The quantitative estimate of drug-likeness (QED) is 0.452. The molecular weight excluding hydrogens is 336 g/mol. The fourth-order valence-electron chi connectivity index (χ4n) is 3.26. The Bertz CT molecular complexity index is 1330. The van der Waals surface area contributed by atoms with E-state index in [1.54, 1.807) is 0 Å². The predicted molar refractivity (Wildman–Crippen MR) is 105 cm³/mol. The molecule has 0 aliphatic carbocycles. The first-order valence-corrected chi connectivity index (χ1v) is 8.62. The van der Waals surface area contributed by atoms with Crippen LogP contribution in [-0.2, 0) is 0 Å². The summed E-state index contributed by atoms with van der Waals surface area (Å²) in [5.74, 6) is 0. The molecule has 0 spiro atoms. The van der Waals surface area contributed by atoms with Crippen LogP contribution in [0.3, 0.4) is 0 Å². The van der Waals surface area contributed by atoms with Crippen molar-refractivity contribution in [3.05, 3.63) is 95.3 Å². The van der Waals surface area contributed by atoms with Crippen molar-refractivity contribution in [2.75, 3.05) is 0 Å². The molecule has 27 heavy (non-hydrogen) atoms. The van der Waals surface area contributed by atoms with Crippen LogP contribution in [0.15, 0.2) is 89.7 Å². The molecule has 5 rings (SSSR count). The summed E-state index contributed by atoms with van der Waals surface area (Å²) in [7, 11) is 0. The molecule has 0 radical (unpaired) electrons. The summed E-state index contributed by atoms with van der Waals surface area (Å²) in [4.78, 5) is 13.2. The summed E-state index contributed by atoms with van der Waals surface area (Å²) in [5, 5.41) is 15.0. The van der Waals surface area contributed by atoms with E-state index in [9.17, 15) is 4.79 Å². The second kappa shape index (κ2) is 6.14. The van der Waals surface area contributed by atoms with E-state index < -0.39 is 0 Å². The van der Waals surface area contributed by atoms with Crippen LogP contribution in [0.25, 0.3) is 38.9 Å². The highest BCUT2D eigenvalue weighted by Gasteiger charge is 2.15. The maximum atomic E-state index is 13.2. The van der Waals surface area contributed by atoms with Gasteiger partial charge in [0, 0.05) is 21.9 Å². The smallest absolute Gasteiger partial charge is 0.265 e. The molecule has 0 aliphatic heterocycles. The fourth-order valence-corrected chi connectivity index (χ4v) is 3.26. The maximum Gasteiger partial charge on any atom is 0.301 e. The molecule has 5 nitrogen and oxygen atoms in total. The molecule has 3 aromatic carbocycles. The summed E-state index contributed by atoms with van der Waals surface area (Å²) in [6.07, 6.45) is 0. The number of hydrogen-bond donors (Lipinski definition) is 0. The van der Waals surface area contributed by atoms with Crippen LogP contribution >= 0.6 is 0 Å². The van der Waals surface area contributed by atoms with Crippen LogP contribution in [-0.4, -0.2) is 19.8 Å². The number of aromatic nitrogens is 4. The van der Waals surface area contributed by atoms with Gasteiger partial charge in [-0.25, -0.2) is 0 Å². The Morgan fingerprint density at radius 1 is 0.593 bits per heavy atom. The molecule has 0 N–H and O–H groups in total. The molecule has 128 valence electrons. The zero-order valence-electron chi connectivity index (χ0n) is 14.3. The largest absolute Gasteiger partial charge is 0.301 e. The standard InChI is InChI=1S/C22H14N4O/c27-22-20(16-11-5-2-6-12-16)23-24-21-18-14-8-7-13-17(18)19(25-26(21)22)15-9-3-1-4-10-15/h1-14H. The molecule has 5 heteroatoms. The van der Waals surface area contributed by atoms with Crippen LogP contribution in [0.4, 0.5) is 0 Å². The van der Waals surface area contributed by atoms with Crippen LogP contribution in [0.5, 0.6) is 0 Å². The maximum absolute atomic E-state index is 13.2. The van der Waals surface area contributed by atoms with Gasteiger partial charge < -0.3 is 0 Å². The summed E-state index contributed by atoms with van der Waals surface area (Å²) < 4.78 is 1.36. The third kappa shape index (κ3) is 2.48. The van der Waals surface area contributed by atoms with Crippen LogP contribution in [0.1, 0.15) is 0 Å². The van der Waals surface area contributed by atoms with Gasteiger partial charge in [0.05, 0.1) is 5.69 Å². The van der Waals surface area contributed by atoms with Gasteiger partial charge in [0.1, 0.15) is 0 Å². The lowest BCUT2D eigenvalue weighted by Crippen LogP contribution is -2.22. The van der Waals surface area contributed by atoms with Gasteiger partial charge in [-0.1, -0.05) is 84.9 Å². The average molecular weight is 350 g/mol. The van der Waals surface area contributed by atoms with Gasteiger partial charge in [0.15, 0.2) is 11.3 Å². The Morgan fingerprint density at radius 3 is 1.81 bits per heavy atom. The average Bonchev–Trinajstić information content (AvgIpc) is 2.75. The molecule has 0 aliphatic rings. The van der Waals surface area contributed by atoms with E-state index in [1.165, 1.54) is 4.52 Å².